The molecule has 0 atom stereocenters. The fourth-order valence-corrected chi connectivity index (χ4v) is 2.76. The van der Waals surface area contributed by atoms with Gasteiger partial charge in [-0.25, -0.2) is 9.48 Å². The molecule has 0 saturated heterocycles. The predicted octanol–water partition coefficient (Wildman–Crippen LogP) is 1.63. The van der Waals surface area contributed by atoms with Crippen LogP contribution in [0.4, 0.5) is 0 Å². The molecule has 0 aromatic carbocycles. The summed E-state index contributed by atoms with van der Waals surface area (Å²) in [7, 11) is 0. The van der Waals surface area contributed by atoms with Crippen molar-refractivity contribution >= 4 is 45.2 Å². The Morgan fingerprint density at radius 2 is 2.29 bits per heavy atom. The molecule has 0 unspecified atom stereocenters. The van der Waals surface area contributed by atoms with E-state index in [0.717, 1.165) is 8.66 Å². The molecule has 2 aromatic rings. The van der Waals surface area contributed by atoms with Gasteiger partial charge < -0.3 is 10.4 Å². The van der Waals surface area contributed by atoms with Gasteiger partial charge in [-0.2, -0.15) is 0 Å². The largest absolute Gasteiger partial charge is 0.476 e. The normalized spacial score (nSPS) is 10.9. The monoisotopic (exact) mass is 370 g/mol. The molecule has 2 rings (SSSR count). The molecule has 0 radical (unpaired) electrons. The average molecular weight is 371 g/mol. The van der Waals surface area contributed by atoms with Crippen molar-refractivity contribution in [3.63, 3.8) is 0 Å². The lowest BCUT2D eigenvalue weighted by Gasteiger charge is -2.01. The van der Waals surface area contributed by atoms with Gasteiger partial charge in [0.05, 0.1) is 16.5 Å². The van der Waals surface area contributed by atoms with Crippen LogP contribution in [0.15, 0.2) is 28.2 Å². The maximum absolute atomic E-state index is 11.6. The number of aromatic carboxylic acids is 1. The molecular formula is C12H11BrN4O3S. The minimum atomic E-state index is -1.13. The van der Waals surface area contributed by atoms with Crippen molar-refractivity contribution in [2.75, 3.05) is 6.54 Å². The van der Waals surface area contributed by atoms with E-state index < -0.39 is 5.97 Å². The molecular weight excluding hydrogens is 360 g/mol. The van der Waals surface area contributed by atoms with Crippen LogP contribution in [-0.4, -0.2) is 38.5 Å². The quantitative estimate of drug-likeness (QED) is 0.753. The molecule has 7 nitrogen and oxygen atoms in total. The van der Waals surface area contributed by atoms with Crippen LogP contribution >= 0.6 is 27.3 Å². The summed E-state index contributed by atoms with van der Waals surface area (Å²) in [6, 6.07) is 3.81. The lowest BCUT2D eigenvalue weighted by atomic mass is 10.4. The van der Waals surface area contributed by atoms with Gasteiger partial charge >= 0.3 is 5.97 Å². The van der Waals surface area contributed by atoms with Crippen LogP contribution < -0.4 is 5.32 Å². The summed E-state index contributed by atoms with van der Waals surface area (Å²) in [6.07, 6.45) is 4.48. The Morgan fingerprint density at radius 1 is 1.48 bits per heavy atom. The van der Waals surface area contributed by atoms with Crippen molar-refractivity contribution in [1.82, 2.24) is 20.3 Å². The van der Waals surface area contributed by atoms with Crippen LogP contribution in [0.1, 0.15) is 15.4 Å². The summed E-state index contributed by atoms with van der Waals surface area (Å²) in [6.45, 7) is 0.685. The van der Waals surface area contributed by atoms with Crippen molar-refractivity contribution < 1.29 is 14.7 Å². The van der Waals surface area contributed by atoms with Gasteiger partial charge in [-0.3, -0.25) is 4.79 Å². The van der Waals surface area contributed by atoms with Gasteiger partial charge in [-0.15, -0.1) is 16.4 Å². The van der Waals surface area contributed by atoms with Crippen molar-refractivity contribution in [2.24, 2.45) is 0 Å². The minimum absolute atomic E-state index is 0.121. The van der Waals surface area contributed by atoms with E-state index >= 15 is 0 Å². The van der Waals surface area contributed by atoms with Crippen LogP contribution in [0.3, 0.4) is 0 Å². The zero-order valence-corrected chi connectivity index (χ0v) is 13.1. The van der Waals surface area contributed by atoms with E-state index in [1.165, 1.54) is 28.3 Å². The Hall–Kier alpha value is -2.00. The van der Waals surface area contributed by atoms with Crippen molar-refractivity contribution in [2.45, 2.75) is 6.54 Å². The standard InChI is InChI=1S/C12H11BrN4O3S/c13-10-3-1-8(21-10)2-4-11(18)14-5-6-17-7-9(12(19)20)15-16-17/h1-4,7H,5-6H2,(H,14,18)(H,19,20). The fourth-order valence-electron chi connectivity index (χ4n) is 1.43. The Kier molecular flexibility index (Phi) is 5.23. The molecule has 0 aliphatic carbocycles. The van der Waals surface area contributed by atoms with E-state index in [2.05, 4.69) is 31.6 Å². The molecule has 0 aliphatic rings. The zero-order valence-electron chi connectivity index (χ0n) is 10.7. The van der Waals surface area contributed by atoms with Crippen molar-refractivity contribution in [3.8, 4) is 0 Å². The number of rotatable bonds is 6. The number of nitrogens with one attached hydrogen (secondary N) is 1. The van der Waals surface area contributed by atoms with Crippen LogP contribution in [0.2, 0.25) is 0 Å². The molecule has 2 aromatic heterocycles. The highest BCUT2D eigenvalue weighted by Gasteiger charge is 2.07. The molecule has 0 bridgehead atoms. The summed E-state index contributed by atoms with van der Waals surface area (Å²) in [5.74, 6) is -1.35. The maximum atomic E-state index is 11.6. The van der Waals surface area contributed by atoms with Crippen molar-refractivity contribution in [3.05, 3.63) is 38.8 Å². The predicted molar refractivity (Wildman–Crippen MR) is 81.0 cm³/mol. The average Bonchev–Trinajstić information content (AvgIpc) is 3.05. The number of thiophene rings is 1. The highest BCUT2D eigenvalue weighted by molar-refractivity contribution is 9.11. The van der Waals surface area contributed by atoms with Crippen LogP contribution in [0.25, 0.3) is 6.08 Å². The first-order valence-electron chi connectivity index (χ1n) is 5.89. The van der Waals surface area contributed by atoms with Gasteiger partial charge in [-0.1, -0.05) is 5.21 Å². The zero-order chi connectivity index (χ0) is 15.2. The first kappa shape index (κ1) is 15.4. The Bertz CT molecular complexity index is 680. The smallest absolute Gasteiger partial charge is 0.358 e. The summed E-state index contributed by atoms with van der Waals surface area (Å²) in [4.78, 5) is 23.2. The van der Waals surface area contributed by atoms with Crippen LogP contribution in [0, 0.1) is 0 Å². The molecule has 0 spiro atoms. The molecule has 0 saturated carbocycles. The molecule has 0 fully saturated rings. The number of aromatic nitrogens is 3. The van der Waals surface area contributed by atoms with Gasteiger partial charge in [0.1, 0.15) is 0 Å². The van der Waals surface area contributed by atoms with Crippen LogP contribution in [-0.2, 0) is 11.3 Å². The third-order valence-electron chi connectivity index (χ3n) is 2.39. The summed E-state index contributed by atoms with van der Waals surface area (Å²) in [5.41, 5.74) is -0.121. The van der Waals surface area contributed by atoms with Gasteiger partial charge in [0.2, 0.25) is 5.91 Å². The number of carbonyl (C=O) groups is 2. The fraction of sp³-hybridized carbons (Fsp3) is 0.167. The Balaban J connectivity index is 1.76. The number of amides is 1. The Morgan fingerprint density at radius 3 is 2.90 bits per heavy atom. The van der Waals surface area contributed by atoms with E-state index in [-0.39, 0.29) is 11.6 Å². The lowest BCUT2D eigenvalue weighted by molar-refractivity contribution is -0.116. The number of nitrogens with zero attached hydrogens (tertiary/aromatic N) is 3. The van der Waals surface area contributed by atoms with Gasteiger partial charge in [0.25, 0.3) is 0 Å². The van der Waals surface area contributed by atoms with Crippen LogP contribution in [0.5, 0.6) is 0 Å². The number of halogens is 1. The minimum Gasteiger partial charge on any atom is -0.476 e. The second kappa shape index (κ2) is 7.14. The van der Waals surface area contributed by atoms with Gasteiger partial charge in [-0.05, 0) is 34.1 Å². The third-order valence-corrected chi connectivity index (χ3v) is 3.98. The molecule has 2 heterocycles. The number of carboxylic acids is 1. The Labute approximate surface area is 132 Å². The van der Waals surface area contributed by atoms with E-state index in [4.69, 9.17) is 5.11 Å². The molecule has 21 heavy (non-hydrogen) atoms. The van der Waals surface area contributed by atoms with E-state index in [9.17, 15) is 9.59 Å². The third kappa shape index (κ3) is 4.80. The molecule has 9 heteroatoms. The second-order valence-electron chi connectivity index (χ2n) is 3.94. The second-order valence-corrected chi connectivity index (χ2v) is 6.43. The first-order valence-corrected chi connectivity index (χ1v) is 7.50. The number of carbonyl (C=O) groups excluding carboxylic acids is 1. The van der Waals surface area contributed by atoms with E-state index in [0.29, 0.717) is 13.1 Å². The number of hydrogen-bond acceptors (Lipinski definition) is 5. The van der Waals surface area contributed by atoms with Gasteiger partial charge in [0, 0.05) is 17.5 Å². The SMILES string of the molecule is O=C(C=Cc1ccc(Br)s1)NCCn1cc(C(=O)O)nn1. The summed E-state index contributed by atoms with van der Waals surface area (Å²) in [5, 5.41) is 18.5. The molecule has 0 aliphatic heterocycles. The maximum Gasteiger partial charge on any atom is 0.358 e. The number of hydrogen-bond donors (Lipinski definition) is 2. The first-order chi connectivity index (χ1) is 10.0. The molecule has 2 N–H and O–H groups in total. The van der Waals surface area contributed by atoms with E-state index in [1.807, 2.05) is 12.1 Å². The molecule has 1 amide bonds. The van der Waals surface area contributed by atoms with Gasteiger partial charge in [0.15, 0.2) is 5.69 Å². The van der Waals surface area contributed by atoms with E-state index in [1.54, 1.807) is 6.08 Å². The summed E-state index contributed by atoms with van der Waals surface area (Å²) >= 11 is 4.87. The summed E-state index contributed by atoms with van der Waals surface area (Å²) < 4.78 is 2.37. The topological polar surface area (TPSA) is 97.1 Å². The lowest BCUT2D eigenvalue weighted by Crippen LogP contribution is -2.25. The molecule has 110 valence electrons. The highest BCUT2D eigenvalue weighted by atomic mass is 79.9. The van der Waals surface area contributed by atoms with Crippen molar-refractivity contribution in [1.29, 1.82) is 0 Å². The highest BCUT2D eigenvalue weighted by Crippen LogP contribution is 2.22. The number of carboxylic acid groups (broad SMARTS) is 1.